The van der Waals surface area contributed by atoms with Crippen LogP contribution in [-0.4, -0.2) is 30.2 Å². The lowest BCUT2D eigenvalue weighted by Gasteiger charge is -2.22. The molecule has 0 aliphatic carbocycles. The molecule has 1 atom stereocenters. The maximum Gasteiger partial charge on any atom is 0.164 e. The Morgan fingerprint density at radius 2 is 2.15 bits per heavy atom. The highest BCUT2D eigenvalue weighted by Gasteiger charge is 2.26. The van der Waals surface area contributed by atoms with Crippen LogP contribution in [0.25, 0.3) is 0 Å². The molecule has 76 valence electrons. The number of hydrogen-bond acceptors (Lipinski definition) is 3. The van der Waals surface area contributed by atoms with Crippen LogP contribution in [0.2, 0.25) is 0 Å². The van der Waals surface area contributed by atoms with Gasteiger partial charge in [0.25, 0.3) is 0 Å². The van der Waals surface area contributed by atoms with E-state index in [9.17, 15) is 9.90 Å². The van der Waals surface area contributed by atoms with Gasteiger partial charge in [-0.3, -0.25) is 4.79 Å². The van der Waals surface area contributed by atoms with Gasteiger partial charge in [-0.05, 0) is 19.3 Å². The second kappa shape index (κ2) is 5.35. The van der Waals surface area contributed by atoms with Crippen LogP contribution in [0.5, 0.6) is 0 Å². The summed E-state index contributed by atoms with van der Waals surface area (Å²) in [7, 11) is 0. The van der Waals surface area contributed by atoms with Crippen molar-refractivity contribution in [3.63, 3.8) is 0 Å². The van der Waals surface area contributed by atoms with E-state index in [4.69, 9.17) is 4.74 Å². The molecule has 1 saturated heterocycles. The molecule has 1 aliphatic rings. The molecule has 0 saturated carbocycles. The summed E-state index contributed by atoms with van der Waals surface area (Å²) in [5.74, 6) is 0.0560. The molecule has 0 radical (unpaired) electrons. The summed E-state index contributed by atoms with van der Waals surface area (Å²) >= 11 is 0. The maximum absolute atomic E-state index is 11.6. The lowest BCUT2D eigenvalue weighted by atomic mass is 9.91. The first-order chi connectivity index (χ1) is 6.25. The topological polar surface area (TPSA) is 46.5 Å². The van der Waals surface area contributed by atoms with Gasteiger partial charge >= 0.3 is 0 Å². The van der Waals surface area contributed by atoms with E-state index in [1.165, 1.54) is 0 Å². The Bertz CT molecular complexity index is 162. The summed E-state index contributed by atoms with van der Waals surface area (Å²) in [6, 6.07) is 0. The van der Waals surface area contributed by atoms with Crippen molar-refractivity contribution in [1.82, 2.24) is 0 Å². The zero-order valence-electron chi connectivity index (χ0n) is 8.16. The Balaban J connectivity index is 2.36. The third kappa shape index (κ3) is 3.08. The van der Waals surface area contributed by atoms with E-state index in [0.717, 1.165) is 19.3 Å². The fraction of sp³-hybridized carbons (Fsp3) is 0.900. The fourth-order valence-electron chi connectivity index (χ4n) is 1.67. The highest BCUT2D eigenvalue weighted by Crippen LogP contribution is 2.18. The van der Waals surface area contributed by atoms with E-state index in [1.807, 2.05) is 6.92 Å². The zero-order valence-corrected chi connectivity index (χ0v) is 8.16. The number of rotatable bonds is 4. The quantitative estimate of drug-likeness (QED) is 0.716. The maximum atomic E-state index is 11.6. The number of carbonyl (C=O) groups is 1. The van der Waals surface area contributed by atoms with Crippen molar-refractivity contribution in [2.45, 2.75) is 38.7 Å². The zero-order chi connectivity index (χ0) is 9.68. The standard InChI is InChI=1S/C10H18O3/c1-2-3-9(11)10(12)8-4-6-13-7-5-8/h8-9,11H,2-7H2,1H3. The van der Waals surface area contributed by atoms with Gasteiger partial charge in [-0.15, -0.1) is 0 Å². The molecule has 0 aromatic rings. The number of aliphatic hydroxyl groups is 1. The van der Waals surface area contributed by atoms with Crippen LogP contribution in [0, 0.1) is 5.92 Å². The Kier molecular flexibility index (Phi) is 4.39. The average molecular weight is 186 g/mol. The van der Waals surface area contributed by atoms with Crippen LogP contribution in [0.1, 0.15) is 32.6 Å². The highest BCUT2D eigenvalue weighted by atomic mass is 16.5. The van der Waals surface area contributed by atoms with Gasteiger partial charge in [-0.1, -0.05) is 13.3 Å². The minimum atomic E-state index is -0.743. The van der Waals surface area contributed by atoms with Crippen molar-refractivity contribution in [2.75, 3.05) is 13.2 Å². The molecule has 1 N–H and O–H groups in total. The first-order valence-electron chi connectivity index (χ1n) is 5.05. The monoisotopic (exact) mass is 186 g/mol. The fourth-order valence-corrected chi connectivity index (χ4v) is 1.67. The predicted octanol–water partition coefficient (Wildman–Crippen LogP) is 1.14. The van der Waals surface area contributed by atoms with E-state index >= 15 is 0 Å². The van der Waals surface area contributed by atoms with E-state index in [1.54, 1.807) is 0 Å². The van der Waals surface area contributed by atoms with Crippen LogP contribution in [-0.2, 0) is 9.53 Å². The molecule has 1 heterocycles. The van der Waals surface area contributed by atoms with E-state index in [0.29, 0.717) is 19.6 Å². The molecule has 1 rings (SSSR count). The van der Waals surface area contributed by atoms with Gasteiger partial charge in [0.2, 0.25) is 0 Å². The average Bonchev–Trinajstić information content (AvgIpc) is 2.18. The number of carbonyl (C=O) groups excluding carboxylic acids is 1. The molecule has 0 bridgehead atoms. The highest BCUT2D eigenvalue weighted by molar-refractivity contribution is 5.85. The predicted molar refractivity (Wildman–Crippen MR) is 49.5 cm³/mol. The number of ether oxygens (including phenoxy) is 1. The Morgan fingerprint density at radius 1 is 1.54 bits per heavy atom. The van der Waals surface area contributed by atoms with Gasteiger partial charge in [-0.2, -0.15) is 0 Å². The summed E-state index contributed by atoms with van der Waals surface area (Å²) in [5.41, 5.74) is 0. The van der Waals surface area contributed by atoms with Gasteiger partial charge in [0, 0.05) is 19.1 Å². The smallest absolute Gasteiger partial charge is 0.164 e. The van der Waals surface area contributed by atoms with Crippen LogP contribution in [0.4, 0.5) is 0 Å². The Hall–Kier alpha value is -0.410. The molecule has 0 aromatic heterocycles. The van der Waals surface area contributed by atoms with E-state index in [-0.39, 0.29) is 11.7 Å². The molecule has 3 heteroatoms. The van der Waals surface area contributed by atoms with Gasteiger partial charge in [0.05, 0.1) is 0 Å². The van der Waals surface area contributed by atoms with Gasteiger partial charge in [0.1, 0.15) is 6.10 Å². The normalized spacial score (nSPS) is 21.4. The lowest BCUT2D eigenvalue weighted by Crippen LogP contribution is -2.32. The molecule has 1 fully saturated rings. The van der Waals surface area contributed by atoms with Crippen molar-refractivity contribution >= 4 is 5.78 Å². The molecule has 13 heavy (non-hydrogen) atoms. The third-order valence-corrected chi connectivity index (χ3v) is 2.51. The van der Waals surface area contributed by atoms with Crippen molar-refractivity contribution in [3.05, 3.63) is 0 Å². The summed E-state index contributed by atoms with van der Waals surface area (Å²) in [4.78, 5) is 11.6. The molecule has 1 aliphatic heterocycles. The minimum Gasteiger partial charge on any atom is -0.385 e. The molecule has 0 spiro atoms. The van der Waals surface area contributed by atoms with Crippen LogP contribution in [0.15, 0.2) is 0 Å². The molecule has 0 amide bonds. The first kappa shape index (κ1) is 10.7. The van der Waals surface area contributed by atoms with Gasteiger partial charge in [0.15, 0.2) is 5.78 Å². The lowest BCUT2D eigenvalue weighted by molar-refractivity contribution is -0.134. The number of hydrogen-bond donors (Lipinski definition) is 1. The summed E-state index contributed by atoms with van der Waals surface area (Å²) in [6.07, 6.45) is 2.26. The van der Waals surface area contributed by atoms with Gasteiger partial charge < -0.3 is 9.84 Å². The number of ketones is 1. The molecule has 3 nitrogen and oxygen atoms in total. The molecule has 0 aromatic carbocycles. The first-order valence-corrected chi connectivity index (χ1v) is 5.05. The van der Waals surface area contributed by atoms with Crippen molar-refractivity contribution < 1.29 is 14.6 Å². The molecular formula is C10H18O3. The molecule has 1 unspecified atom stereocenters. The van der Waals surface area contributed by atoms with Crippen molar-refractivity contribution in [1.29, 1.82) is 0 Å². The largest absolute Gasteiger partial charge is 0.385 e. The third-order valence-electron chi connectivity index (χ3n) is 2.51. The Morgan fingerprint density at radius 3 is 2.69 bits per heavy atom. The van der Waals surface area contributed by atoms with E-state index in [2.05, 4.69) is 0 Å². The summed E-state index contributed by atoms with van der Waals surface area (Å²) in [5, 5.41) is 9.48. The van der Waals surface area contributed by atoms with Gasteiger partial charge in [-0.25, -0.2) is 0 Å². The molecular weight excluding hydrogens is 168 g/mol. The second-order valence-corrected chi connectivity index (χ2v) is 3.59. The number of aliphatic hydroxyl groups excluding tert-OH is 1. The van der Waals surface area contributed by atoms with Crippen LogP contribution < -0.4 is 0 Å². The SMILES string of the molecule is CCCC(O)C(=O)C1CCOCC1. The minimum absolute atomic E-state index is 0.0187. The van der Waals surface area contributed by atoms with Crippen molar-refractivity contribution in [3.8, 4) is 0 Å². The summed E-state index contributed by atoms with van der Waals surface area (Å²) < 4.78 is 5.16. The van der Waals surface area contributed by atoms with Crippen LogP contribution >= 0.6 is 0 Å². The number of Topliss-reactive ketones (excluding diaryl/α,β-unsaturated/α-hetero) is 1. The van der Waals surface area contributed by atoms with Crippen LogP contribution in [0.3, 0.4) is 0 Å². The summed E-state index contributed by atoms with van der Waals surface area (Å²) in [6.45, 7) is 3.30. The second-order valence-electron chi connectivity index (χ2n) is 3.59. The van der Waals surface area contributed by atoms with E-state index < -0.39 is 6.10 Å². The Labute approximate surface area is 79.1 Å². The van der Waals surface area contributed by atoms with Crippen molar-refractivity contribution in [2.24, 2.45) is 5.92 Å².